The van der Waals surface area contributed by atoms with E-state index in [2.05, 4.69) is 10.6 Å². The van der Waals surface area contributed by atoms with Gasteiger partial charge in [0.05, 0.1) is 0 Å². The first-order valence-electron chi connectivity index (χ1n) is 6.58. The maximum absolute atomic E-state index is 11.7. The maximum Gasteiger partial charge on any atom is 0.229 e. The van der Waals surface area contributed by atoms with Crippen LogP contribution in [0.4, 0.5) is 0 Å². The molecule has 1 atom stereocenters. The van der Waals surface area contributed by atoms with Crippen LogP contribution in [0.25, 0.3) is 0 Å². The summed E-state index contributed by atoms with van der Waals surface area (Å²) in [5.74, 6) is 1.75. The molecule has 20 heavy (non-hydrogen) atoms. The van der Waals surface area contributed by atoms with Crippen molar-refractivity contribution in [3.8, 4) is 0 Å². The minimum absolute atomic E-state index is 0. The van der Waals surface area contributed by atoms with Crippen molar-refractivity contribution in [1.29, 1.82) is 0 Å². The monoisotopic (exact) mass is 321 g/mol. The third kappa shape index (κ3) is 4.96. The summed E-state index contributed by atoms with van der Waals surface area (Å²) in [6.45, 7) is 1.58. The zero-order valence-corrected chi connectivity index (χ0v) is 12.9. The van der Waals surface area contributed by atoms with Crippen LogP contribution < -0.4 is 10.6 Å². The molecular weight excluding hydrogens is 302 g/mol. The van der Waals surface area contributed by atoms with Crippen LogP contribution in [-0.2, 0) is 14.4 Å². The van der Waals surface area contributed by atoms with Gasteiger partial charge in [0.15, 0.2) is 0 Å². The van der Waals surface area contributed by atoms with Crippen molar-refractivity contribution >= 4 is 41.9 Å². The van der Waals surface area contributed by atoms with Crippen LogP contribution in [0, 0.1) is 0 Å². The highest BCUT2D eigenvalue weighted by Gasteiger charge is 2.28. The summed E-state index contributed by atoms with van der Waals surface area (Å²) in [5, 5.41) is 6.06. The minimum atomic E-state index is -0.135. The zero-order valence-electron chi connectivity index (χ0n) is 11.2. The van der Waals surface area contributed by atoms with E-state index in [1.54, 1.807) is 0 Å². The maximum atomic E-state index is 11.7. The van der Waals surface area contributed by atoms with E-state index >= 15 is 0 Å². The van der Waals surface area contributed by atoms with Gasteiger partial charge in [-0.1, -0.05) is 0 Å². The lowest BCUT2D eigenvalue weighted by Gasteiger charge is -2.22. The average Bonchev–Trinajstić information content (AvgIpc) is 2.71. The largest absolute Gasteiger partial charge is 0.354 e. The van der Waals surface area contributed by atoms with Crippen LogP contribution in [0.15, 0.2) is 0 Å². The Morgan fingerprint density at radius 2 is 2.05 bits per heavy atom. The van der Waals surface area contributed by atoms with E-state index < -0.39 is 0 Å². The summed E-state index contributed by atoms with van der Waals surface area (Å²) in [4.78, 5) is 35.6. The van der Waals surface area contributed by atoms with Crippen LogP contribution in [0.5, 0.6) is 0 Å². The van der Waals surface area contributed by atoms with Crippen LogP contribution in [0.1, 0.15) is 19.3 Å². The molecule has 0 saturated carbocycles. The van der Waals surface area contributed by atoms with Gasteiger partial charge in [-0.15, -0.1) is 12.4 Å². The molecule has 114 valence electrons. The number of hydrogen-bond donors (Lipinski definition) is 2. The number of hydrogen-bond acceptors (Lipinski definition) is 5. The highest BCUT2D eigenvalue weighted by atomic mass is 35.5. The van der Waals surface area contributed by atoms with Crippen molar-refractivity contribution in [3.63, 3.8) is 0 Å². The number of likely N-dealkylation sites (tertiary alicyclic amines) is 1. The van der Waals surface area contributed by atoms with Gasteiger partial charge in [-0.05, 0) is 0 Å². The Balaban J connectivity index is 0.00000200. The lowest BCUT2D eigenvalue weighted by Crippen LogP contribution is -2.43. The molecule has 2 fully saturated rings. The summed E-state index contributed by atoms with van der Waals surface area (Å²) in [7, 11) is 0. The highest BCUT2D eigenvalue weighted by molar-refractivity contribution is 7.99. The molecule has 0 aromatic rings. The van der Waals surface area contributed by atoms with Crippen molar-refractivity contribution in [2.75, 3.05) is 31.1 Å². The molecule has 2 N–H and O–H groups in total. The quantitative estimate of drug-likeness (QED) is 0.684. The number of nitrogens with zero attached hydrogens (tertiary/aromatic N) is 1. The van der Waals surface area contributed by atoms with E-state index in [0.29, 0.717) is 25.8 Å². The molecular formula is C12H20ClN3O3S. The highest BCUT2D eigenvalue weighted by Crippen LogP contribution is 2.11. The first kappa shape index (κ1) is 17.3. The summed E-state index contributed by atoms with van der Waals surface area (Å²) in [6.07, 6.45) is 1.06. The molecule has 2 heterocycles. The van der Waals surface area contributed by atoms with Gasteiger partial charge in [0.2, 0.25) is 17.7 Å². The molecule has 1 unspecified atom stereocenters. The van der Waals surface area contributed by atoms with Gasteiger partial charge in [-0.25, -0.2) is 0 Å². The summed E-state index contributed by atoms with van der Waals surface area (Å²) >= 11 is 1.85. The van der Waals surface area contributed by atoms with E-state index in [0.717, 1.165) is 18.1 Å². The average molecular weight is 322 g/mol. The van der Waals surface area contributed by atoms with Crippen molar-refractivity contribution in [3.05, 3.63) is 0 Å². The Kier molecular flexibility index (Phi) is 7.32. The lowest BCUT2D eigenvalue weighted by molar-refractivity contribution is -0.138. The van der Waals surface area contributed by atoms with Crippen LogP contribution in [-0.4, -0.2) is 59.8 Å². The second-order valence-electron chi connectivity index (χ2n) is 4.72. The molecule has 0 aliphatic carbocycles. The molecule has 8 heteroatoms. The van der Waals surface area contributed by atoms with Crippen molar-refractivity contribution in [1.82, 2.24) is 15.5 Å². The Hall–Kier alpha value is -0.790. The van der Waals surface area contributed by atoms with Crippen molar-refractivity contribution in [2.24, 2.45) is 0 Å². The molecule has 3 amide bonds. The standard InChI is InChI=1S/C12H19N3O3S.ClH/c16-10(7-9-8-19-6-4-13-9)14-3-5-15-11(17)1-2-12(15)18;/h9,13H,1-8H2,(H,14,16);1H. The molecule has 6 nitrogen and oxygen atoms in total. The van der Waals surface area contributed by atoms with Gasteiger partial charge >= 0.3 is 0 Å². The smallest absolute Gasteiger partial charge is 0.229 e. The summed E-state index contributed by atoms with van der Waals surface area (Å²) < 4.78 is 0. The van der Waals surface area contributed by atoms with Crippen molar-refractivity contribution in [2.45, 2.75) is 25.3 Å². The number of carbonyl (C=O) groups excluding carboxylic acids is 3. The van der Waals surface area contributed by atoms with Gasteiger partial charge in [0.25, 0.3) is 0 Å². The molecule has 0 bridgehead atoms. The van der Waals surface area contributed by atoms with Crippen LogP contribution in [0.3, 0.4) is 0 Å². The number of rotatable bonds is 5. The summed E-state index contributed by atoms with van der Waals surface area (Å²) in [5.41, 5.74) is 0. The first-order valence-corrected chi connectivity index (χ1v) is 7.73. The topological polar surface area (TPSA) is 78.5 Å². The van der Waals surface area contributed by atoms with E-state index in [1.165, 1.54) is 4.90 Å². The van der Waals surface area contributed by atoms with E-state index in [-0.39, 0.29) is 42.7 Å². The molecule has 2 aliphatic heterocycles. The van der Waals surface area contributed by atoms with Gasteiger partial charge in [-0.3, -0.25) is 19.3 Å². The van der Waals surface area contributed by atoms with Crippen LogP contribution >= 0.6 is 24.2 Å². The van der Waals surface area contributed by atoms with Gasteiger partial charge < -0.3 is 10.6 Å². The molecule has 2 saturated heterocycles. The Labute approximate surface area is 128 Å². The minimum Gasteiger partial charge on any atom is -0.354 e. The molecule has 0 spiro atoms. The summed E-state index contributed by atoms with van der Waals surface area (Å²) in [6, 6.07) is 0.230. The fourth-order valence-electron chi connectivity index (χ4n) is 2.23. The molecule has 0 aromatic carbocycles. The number of halogens is 1. The normalized spacial score (nSPS) is 22.6. The van der Waals surface area contributed by atoms with E-state index in [4.69, 9.17) is 0 Å². The fraction of sp³-hybridized carbons (Fsp3) is 0.750. The van der Waals surface area contributed by atoms with Gasteiger partial charge in [0.1, 0.15) is 0 Å². The Morgan fingerprint density at radius 1 is 1.35 bits per heavy atom. The van der Waals surface area contributed by atoms with E-state index in [1.807, 2.05) is 11.8 Å². The Bertz CT molecular complexity index is 359. The molecule has 2 rings (SSSR count). The van der Waals surface area contributed by atoms with Crippen molar-refractivity contribution < 1.29 is 14.4 Å². The molecule has 0 radical (unpaired) electrons. The predicted molar refractivity (Wildman–Crippen MR) is 79.9 cm³/mol. The number of nitrogens with one attached hydrogen (secondary N) is 2. The predicted octanol–water partition coefficient (Wildman–Crippen LogP) is -0.231. The molecule has 0 aromatic heterocycles. The number of imide groups is 1. The van der Waals surface area contributed by atoms with Crippen LogP contribution in [0.2, 0.25) is 0 Å². The first-order chi connectivity index (χ1) is 9.16. The third-order valence-electron chi connectivity index (χ3n) is 3.24. The second-order valence-corrected chi connectivity index (χ2v) is 5.87. The number of amides is 3. The SMILES string of the molecule is Cl.O=C(CC1CSCCN1)NCCN1C(=O)CCC1=O. The number of thioether (sulfide) groups is 1. The number of carbonyl (C=O) groups is 3. The Morgan fingerprint density at radius 3 is 2.65 bits per heavy atom. The van der Waals surface area contributed by atoms with Gasteiger partial charge in [0, 0.05) is 56.4 Å². The fourth-order valence-corrected chi connectivity index (χ4v) is 3.18. The van der Waals surface area contributed by atoms with E-state index in [9.17, 15) is 14.4 Å². The molecule has 2 aliphatic rings. The third-order valence-corrected chi connectivity index (χ3v) is 4.37. The van der Waals surface area contributed by atoms with Gasteiger partial charge in [-0.2, -0.15) is 11.8 Å². The second kappa shape index (κ2) is 8.49. The zero-order chi connectivity index (χ0) is 13.7. The lowest BCUT2D eigenvalue weighted by atomic mass is 10.2.